The van der Waals surface area contributed by atoms with Crippen LogP contribution in [0, 0.1) is 0 Å². The molecule has 0 aliphatic heterocycles. The van der Waals surface area contributed by atoms with E-state index in [1.54, 1.807) is 36.4 Å². The number of hydrogen-bond donors (Lipinski definition) is 1. The van der Waals surface area contributed by atoms with Gasteiger partial charge in [0.2, 0.25) is 0 Å². The van der Waals surface area contributed by atoms with Gasteiger partial charge in [-0.15, -0.1) is 0 Å². The predicted octanol–water partition coefficient (Wildman–Crippen LogP) is 5.57. The molecule has 0 aromatic heterocycles. The SMILES string of the molecule is COc1cc(/C=N/OCC(=O)Nc2ccccc2)cc(Cl)c1OCc1ccc(Cl)cc1. The molecule has 0 spiro atoms. The Balaban J connectivity index is 1.57. The molecule has 0 radical (unpaired) electrons. The molecule has 8 heteroatoms. The lowest BCUT2D eigenvalue weighted by Gasteiger charge is -2.13. The van der Waals surface area contributed by atoms with Gasteiger partial charge in [0.15, 0.2) is 18.1 Å². The van der Waals surface area contributed by atoms with Crippen LogP contribution in [0.5, 0.6) is 11.5 Å². The summed E-state index contributed by atoms with van der Waals surface area (Å²) in [7, 11) is 1.52. The van der Waals surface area contributed by atoms with Crippen molar-refractivity contribution in [2.24, 2.45) is 5.16 Å². The van der Waals surface area contributed by atoms with Gasteiger partial charge in [-0.1, -0.05) is 58.7 Å². The molecule has 3 aromatic carbocycles. The number of carbonyl (C=O) groups is 1. The van der Waals surface area contributed by atoms with Crippen molar-refractivity contribution in [1.82, 2.24) is 0 Å². The summed E-state index contributed by atoms with van der Waals surface area (Å²) < 4.78 is 11.2. The highest BCUT2D eigenvalue weighted by Gasteiger charge is 2.12. The molecule has 1 N–H and O–H groups in total. The maximum absolute atomic E-state index is 11.9. The maximum atomic E-state index is 11.9. The summed E-state index contributed by atoms with van der Waals surface area (Å²) in [5, 5.41) is 7.53. The van der Waals surface area contributed by atoms with Crippen LogP contribution in [0.3, 0.4) is 0 Å². The van der Waals surface area contributed by atoms with Crippen LogP contribution in [0.25, 0.3) is 0 Å². The Bertz CT molecular complexity index is 1040. The molecule has 0 fully saturated rings. The fourth-order valence-corrected chi connectivity index (χ4v) is 3.00. The van der Waals surface area contributed by atoms with Gasteiger partial charge in [-0.25, -0.2) is 0 Å². The van der Waals surface area contributed by atoms with Crippen molar-refractivity contribution in [3.05, 3.63) is 87.9 Å². The molecule has 0 saturated heterocycles. The van der Waals surface area contributed by atoms with Crippen LogP contribution in [0.2, 0.25) is 10.0 Å². The van der Waals surface area contributed by atoms with Crippen LogP contribution in [-0.4, -0.2) is 25.8 Å². The van der Waals surface area contributed by atoms with E-state index in [1.807, 2.05) is 30.3 Å². The lowest BCUT2D eigenvalue weighted by atomic mass is 10.2. The first-order valence-corrected chi connectivity index (χ1v) is 10.1. The highest BCUT2D eigenvalue weighted by Crippen LogP contribution is 2.36. The van der Waals surface area contributed by atoms with E-state index < -0.39 is 0 Å². The van der Waals surface area contributed by atoms with Gasteiger partial charge in [0.1, 0.15) is 6.61 Å². The van der Waals surface area contributed by atoms with Gasteiger partial charge in [0.25, 0.3) is 5.91 Å². The molecule has 0 saturated carbocycles. The number of ether oxygens (including phenoxy) is 2. The molecule has 0 aliphatic rings. The van der Waals surface area contributed by atoms with Gasteiger partial charge in [0.05, 0.1) is 18.3 Å². The lowest BCUT2D eigenvalue weighted by Crippen LogP contribution is -2.16. The molecule has 31 heavy (non-hydrogen) atoms. The van der Waals surface area contributed by atoms with Gasteiger partial charge < -0.3 is 19.6 Å². The number of anilines is 1. The average Bonchev–Trinajstić information content (AvgIpc) is 2.77. The third-order valence-electron chi connectivity index (χ3n) is 4.08. The van der Waals surface area contributed by atoms with E-state index in [2.05, 4.69) is 10.5 Å². The maximum Gasteiger partial charge on any atom is 0.265 e. The van der Waals surface area contributed by atoms with E-state index in [1.165, 1.54) is 13.3 Å². The number of oxime groups is 1. The fraction of sp³-hybridized carbons (Fsp3) is 0.130. The van der Waals surface area contributed by atoms with E-state index in [9.17, 15) is 4.79 Å². The minimum absolute atomic E-state index is 0.224. The number of hydrogen-bond acceptors (Lipinski definition) is 5. The molecule has 0 unspecified atom stereocenters. The largest absolute Gasteiger partial charge is 0.493 e. The van der Waals surface area contributed by atoms with Crippen molar-refractivity contribution < 1.29 is 19.1 Å². The zero-order valence-electron chi connectivity index (χ0n) is 16.7. The zero-order chi connectivity index (χ0) is 22.1. The number of halogens is 2. The molecule has 1 amide bonds. The Labute approximate surface area is 190 Å². The Morgan fingerprint density at radius 1 is 1.06 bits per heavy atom. The number of benzene rings is 3. The molecule has 0 aliphatic carbocycles. The Hall–Kier alpha value is -3.22. The van der Waals surface area contributed by atoms with Crippen molar-refractivity contribution in [2.45, 2.75) is 6.61 Å². The summed E-state index contributed by atoms with van der Waals surface area (Å²) in [4.78, 5) is 16.9. The summed E-state index contributed by atoms with van der Waals surface area (Å²) in [6, 6.07) is 19.8. The van der Waals surface area contributed by atoms with Crippen LogP contribution < -0.4 is 14.8 Å². The monoisotopic (exact) mass is 458 g/mol. The summed E-state index contributed by atoms with van der Waals surface area (Å²) >= 11 is 12.3. The predicted molar refractivity (Wildman–Crippen MR) is 122 cm³/mol. The van der Waals surface area contributed by atoms with Crippen LogP contribution in [0.4, 0.5) is 5.69 Å². The minimum atomic E-state index is -0.315. The van der Waals surface area contributed by atoms with Crippen molar-refractivity contribution in [3.8, 4) is 11.5 Å². The lowest BCUT2D eigenvalue weighted by molar-refractivity contribution is -0.120. The Kier molecular flexibility index (Phi) is 8.15. The van der Waals surface area contributed by atoms with E-state index >= 15 is 0 Å². The topological polar surface area (TPSA) is 69.2 Å². The summed E-state index contributed by atoms with van der Waals surface area (Å²) in [5.41, 5.74) is 2.25. The number of rotatable bonds is 9. The van der Waals surface area contributed by atoms with Gasteiger partial charge in [-0.2, -0.15) is 0 Å². The van der Waals surface area contributed by atoms with Crippen molar-refractivity contribution in [3.63, 3.8) is 0 Å². The Morgan fingerprint density at radius 2 is 1.81 bits per heavy atom. The van der Waals surface area contributed by atoms with Crippen LogP contribution in [-0.2, 0) is 16.2 Å². The van der Waals surface area contributed by atoms with Crippen LogP contribution >= 0.6 is 23.2 Å². The fourth-order valence-electron chi connectivity index (χ4n) is 2.60. The van der Waals surface area contributed by atoms with Gasteiger partial charge >= 0.3 is 0 Å². The summed E-state index contributed by atoms with van der Waals surface area (Å²) in [6.07, 6.45) is 1.44. The molecule has 3 aromatic rings. The Morgan fingerprint density at radius 3 is 2.52 bits per heavy atom. The summed E-state index contributed by atoms with van der Waals surface area (Å²) in [6.45, 7) is 0.0822. The van der Waals surface area contributed by atoms with Crippen LogP contribution in [0.1, 0.15) is 11.1 Å². The first-order chi connectivity index (χ1) is 15.0. The normalized spacial score (nSPS) is 10.7. The van der Waals surface area contributed by atoms with Gasteiger partial charge in [-0.05, 0) is 42.0 Å². The van der Waals surface area contributed by atoms with Crippen molar-refractivity contribution in [2.75, 3.05) is 19.0 Å². The highest BCUT2D eigenvalue weighted by molar-refractivity contribution is 6.32. The molecular weight excluding hydrogens is 439 g/mol. The molecule has 0 atom stereocenters. The van der Waals surface area contributed by atoms with Crippen molar-refractivity contribution >= 4 is 41.0 Å². The standard InChI is InChI=1S/C23H20Cl2N2O4/c1-29-21-12-17(13-26-31-15-22(28)27-19-5-3-2-4-6-19)11-20(25)23(21)30-14-16-7-9-18(24)10-8-16/h2-13H,14-15H2,1H3,(H,27,28)/b26-13+. The number of carbonyl (C=O) groups excluding carboxylic acids is 1. The average molecular weight is 459 g/mol. The second-order valence-corrected chi connectivity index (χ2v) is 7.22. The molecule has 3 rings (SSSR count). The summed E-state index contributed by atoms with van der Waals surface area (Å²) in [5.74, 6) is 0.550. The van der Waals surface area contributed by atoms with Gasteiger partial charge in [-0.3, -0.25) is 4.79 Å². The quantitative estimate of drug-likeness (QED) is 0.336. The molecule has 0 bridgehead atoms. The molecule has 6 nitrogen and oxygen atoms in total. The highest BCUT2D eigenvalue weighted by atomic mass is 35.5. The minimum Gasteiger partial charge on any atom is -0.493 e. The second kappa shape index (κ2) is 11.2. The molecular formula is C23H20Cl2N2O4. The molecule has 160 valence electrons. The first kappa shape index (κ1) is 22.5. The van der Waals surface area contributed by atoms with E-state index in [0.717, 1.165) is 5.56 Å². The molecule has 0 heterocycles. The number of nitrogens with zero attached hydrogens (tertiary/aromatic N) is 1. The third-order valence-corrected chi connectivity index (χ3v) is 4.61. The van der Waals surface area contributed by atoms with Gasteiger partial charge in [0, 0.05) is 16.3 Å². The smallest absolute Gasteiger partial charge is 0.265 e. The number of nitrogens with one attached hydrogen (secondary N) is 1. The van der Waals surface area contributed by atoms with E-state index in [0.29, 0.717) is 39.4 Å². The number of methoxy groups -OCH3 is 1. The number of amides is 1. The second-order valence-electron chi connectivity index (χ2n) is 6.37. The number of para-hydroxylation sites is 1. The first-order valence-electron chi connectivity index (χ1n) is 9.30. The van der Waals surface area contributed by atoms with E-state index in [-0.39, 0.29) is 12.5 Å². The zero-order valence-corrected chi connectivity index (χ0v) is 18.2. The van der Waals surface area contributed by atoms with Crippen molar-refractivity contribution in [1.29, 1.82) is 0 Å². The van der Waals surface area contributed by atoms with E-state index in [4.69, 9.17) is 37.5 Å². The third kappa shape index (κ3) is 6.91. The van der Waals surface area contributed by atoms with Crippen LogP contribution in [0.15, 0.2) is 71.9 Å².